The molecular weight excluding hydrogens is 254 g/mol. The zero-order chi connectivity index (χ0) is 9.64. The fraction of sp³-hybridized carbons (Fsp3) is 0. The Hall–Kier alpha value is -0.0148. The van der Waals surface area contributed by atoms with E-state index in [1.807, 2.05) is 36.4 Å². The molecule has 0 aromatic heterocycles. The molecule has 0 N–H and O–H groups in total. The van der Waals surface area contributed by atoms with Crippen LogP contribution in [0.3, 0.4) is 0 Å². The standard InChI is InChI=1S/C14H12.Rb.H/c1-3-7-13(8-4-1)11-12-14-9-5-2-6-10-14;;/h1-12H;;/b12-11+;;. The van der Waals surface area contributed by atoms with Gasteiger partial charge in [0.25, 0.3) is 0 Å². The second kappa shape index (κ2) is 7.29. The molecule has 2 aromatic carbocycles. The number of benzene rings is 2. The second-order valence-electron chi connectivity index (χ2n) is 3.15. The van der Waals surface area contributed by atoms with Crippen LogP contribution in [0, 0.1) is 0 Å². The Morgan fingerprint density at radius 3 is 1.20 bits per heavy atom. The molecule has 0 radical (unpaired) electrons. The molecule has 2 aromatic rings. The van der Waals surface area contributed by atoms with Gasteiger partial charge in [0.15, 0.2) is 0 Å². The van der Waals surface area contributed by atoms with Gasteiger partial charge in [0.05, 0.1) is 0 Å². The molecule has 0 nitrogen and oxygen atoms in total. The normalized spacial score (nSPS) is 9.87. The van der Waals surface area contributed by atoms with Crippen molar-refractivity contribution in [3.8, 4) is 0 Å². The first-order valence-corrected chi connectivity index (χ1v) is 4.73. The van der Waals surface area contributed by atoms with E-state index in [0.29, 0.717) is 0 Å². The van der Waals surface area contributed by atoms with Crippen molar-refractivity contribution in [1.82, 2.24) is 0 Å². The summed E-state index contributed by atoms with van der Waals surface area (Å²) in [7, 11) is 0. The van der Waals surface area contributed by atoms with Gasteiger partial charge in [0, 0.05) is 0 Å². The van der Waals surface area contributed by atoms with E-state index in [1.54, 1.807) is 0 Å². The molecule has 0 saturated heterocycles. The summed E-state index contributed by atoms with van der Waals surface area (Å²) in [4.78, 5) is 0. The van der Waals surface area contributed by atoms with Crippen LogP contribution in [-0.2, 0) is 0 Å². The van der Waals surface area contributed by atoms with Crippen molar-refractivity contribution in [2.45, 2.75) is 0 Å². The van der Waals surface area contributed by atoms with Crippen LogP contribution in [0.4, 0.5) is 0 Å². The summed E-state index contributed by atoms with van der Waals surface area (Å²) in [5.41, 5.74) is 2.47. The number of hydrogen-bond donors (Lipinski definition) is 0. The van der Waals surface area contributed by atoms with Crippen molar-refractivity contribution in [2.24, 2.45) is 0 Å². The van der Waals surface area contributed by atoms with Crippen LogP contribution in [0.15, 0.2) is 60.7 Å². The number of rotatable bonds is 2. The van der Waals surface area contributed by atoms with Crippen LogP contribution < -0.4 is 0 Å². The van der Waals surface area contributed by atoms with Crippen molar-refractivity contribution >= 4 is 70.3 Å². The molecule has 0 fully saturated rings. The van der Waals surface area contributed by atoms with Crippen LogP contribution >= 0.6 is 0 Å². The van der Waals surface area contributed by atoms with E-state index in [9.17, 15) is 0 Å². The first-order valence-electron chi connectivity index (χ1n) is 4.73. The topological polar surface area (TPSA) is 0 Å². The summed E-state index contributed by atoms with van der Waals surface area (Å²) in [6.07, 6.45) is 4.24. The summed E-state index contributed by atoms with van der Waals surface area (Å²) in [6.45, 7) is 0. The summed E-state index contributed by atoms with van der Waals surface area (Å²) in [5.74, 6) is 0. The fourth-order valence-corrected chi connectivity index (χ4v) is 1.32. The predicted molar refractivity (Wildman–Crippen MR) is 69.0 cm³/mol. The SMILES string of the molecule is C(=C\c1ccccc1)/c1ccccc1.[RbH]. The van der Waals surface area contributed by atoms with E-state index in [-0.39, 0.29) is 58.2 Å². The molecule has 70 valence electrons. The summed E-state index contributed by atoms with van der Waals surface area (Å²) >= 11 is 0. The van der Waals surface area contributed by atoms with E-state index in [0.717, 1.165) is 0 Å². The molecule has 0 heterocycles. The molecule has 2 rings (SSSR count). The molecule has 0 unspecified atom stereocenters. The first kappa shape index (κ1) is 13.1. The predicted octanol–water partition coefficient (Wildman–Crippen LogP) is 3.21. The van der Waals surface area contributed by atoms with Gasteiger partial charge in [0.2, 0.25) is 0 Å². The van der Waals surface area contributed by atoms with Crippen LogP contribution in [0.5, 0.6) is 0 Å². The van der Waals surface area contributed by atoms with Crippen molar-refractivity contribution in [1.29, 1.82) is 0 Å². The molecule has 0 amide bonds. The van der Waals surface area contributed by atoms with Crippen LogP contribution in [0.2, 0.25) is 0 Å². The van der Waals surface area contributed by atoms with Gasteiger partial charge < -0.3 is 0 Å². The molecule has 1 heteroatoms. The molecule has 0 aliphatic carbocycles. The summed E-state index contributed by atoms with van der Waals surface area (Å²) < 4.78 is 0. The zero-order valence-electron chi connectivity index (χ0n) is 7.93. The maximum atomic E-state index is 2.12. The van der Waals surface area contributed by atoms with E-state index >= 15 is 0 Å². The summed E-state index contributed by atoms with van der Waals surface area (Å²) in [6, 6.07) is 20.6. The van der Waals surface area contributed by atoms with E-state index in [1.165, 1.54) is 11.1 Å². The van der Waals surface area contributed by atoms with E-state index < -0.39 is 0 Å². The molecule has 0 spiro atoms. The Labute approximate surface area is 140 Å². The second-order valence-corrected chi connectivity index (χ2v) is 3.15. The minimum atomic E-state index is 0. The van der Waals surface area contributed by atoms with Gasteiger partial charge >= 0.3 is 58.2 Å². The Morgan fingerprint density at radius 1 is 0.533 bits per heavy atom. The zero-order valence-corrected chi connectivity index (χ0v) is 7.93. The molecule has 0 aliphatic heterocycles. The van der Waals surface area contributed by atoms with Gasteiger partial charge in [-0.3, -0.25) is 0 Å². The molecule has 15 heavy (non-hydrogen) atoms. The molecule has 0 aliphatic rings. The molecule has 0 saturated carbocycles. The van der Waals surface area contributed by atoms with Gasteiger partial charge in [-0.25, -0.2) is 0 Å². The molecule has 0 atom stereocenters. The van der Waals surface area contributed by atoms with Gasteiger partial charge in [-0.15, -0.1) is 0 Å². The van der Waals surface area contributed by atoms with Crippen molar-refractivity contribution in [2.75, 3.05) is 0 Å². The Kier molecular flexibility index (Phi) is 6.34. The summed E-state index contributed by atoms with van der Waals surface area (Å²) in [5, 5.41) is 0. The Bertz CT molecular complexity index is 362. The minimum absolute atomic E-state index is 0. The van der Waals surface area contributed by atoms with E-state index in [4.69, 9.17) is 0 Å². The third-order valence-electron chi connectivity index (χ3n) is 2.07. The van der Waals surface area contributed by atoms with Gasteiger partial charge in [-0.05, 0) is 11.1 Å². The van der Waals surface area contributed by atoms with Crippen molar-refractivity contribution in [3.63, 3.8) is 0 Å². The Morgan fingerprint density at radius 2 is 0.867 bits per heavy atom. The van der Waals surface area contributed by atoms with Gasteiger partial charge in [-0.2, -0.15) is 0 Å². The van der Waals surface area contributed by atoms with Gasteiger partial charge in [0.1, 0.15) is 0 Å². The van der Waals surface area contributed by atoms with E-state index in [2.05, 4.69) is 36.4 Å². The maximum absolute atomic E-state index is 2.12. The third-order valence-corrected chi connectivity index (χ3v) is 2.07. The average Bonchev–Trinajstić information content (AvgIpc) is 2.29. The first-order chi connectivity index (χ1) is 6.95. The van der Waals surface area contributed by atoms with Gasteiger partial charge in [-0.1, -0.05) is 72.8 Å². The van der Waals surface area contributed by atoms with Crippen LogP contribution in [0.25, 0.3) is 12.2 Å². The van der Waals surface area contributed by atoms with Crippen LogP contribution in [-0.4, -0.2) is 58.2 Å². The molecule has 0 bridgehead atoms. The number of hydrogen-bond acceptors (Lipinski definition) is 0. The third kappa shape index (κ3) is 4.56. The molecular formula is C14H13Rb. The average molecular weight is 267 g/mol. The van der Waals surface area contributed by atoms with Crippen LogP contribution in [0.1, 0.15) is 11.1 Å². The monoisotopic (exact) mass is 266 g/mol. The van der Waals surface area contributed by atoms with Crippen molar-refractivity contribution in [3.05, 3.63) is 71.8 Å². The van der Waals surface area contributed by atoms with Crippen molar-refractivity contribution < 1.29 is 0 Å². The fourth-order valence-electron chi connectivity index (χ4n) is 1.32. The Balaban J connectivity index is 0.00000112. The quantitative estimate of drug-likeness (QED) is 0.733.